The monoisotopic (exact) mass is 289 g/mol. The van der Waals surface area contributed by atoms with Crippen molar-refractivity contribution in [3.8, 4) is 0 Å². The average molecular weight is 289 g/mol. The van der Waals surface area contributed by atoms with Crippen LogP contribution in [0.15, 0.2) is 0 Å². The van der Waals surface area contributed by atoms with Gasteiger partial charge in [-0.05, 0) is 26.7 Å². The molecule has 2 atom stereocenters. The SMILES string of the molecule is CC(C)n1c([C@@H]2CCCC[C@H]2N)nc2c(N)nc(N)nc21. The van der Waals surface area contributed by atoms with Crippen molar-refractivity contribution in [1.29, 1.82) is 0 Å². The van der Waals surface area contributed by atoms with E-state index in [4.69, 9.17) is 22.2 Å². The average Bonchev–Trinajstić information content (AvgIpc) is 2.78. The number of rotatable bonds is 2. The molecule has 0 aliphatic heterocycles. The number of nitrogens with two attached hydrogens (primary N) is 3. The molecule has 114 valence electrons. The normalized spacial score (nSPS) is 23.0. The van der Waals surface area contributed by atoms with Crippen molar-refractivity contribution in [3.05, 3.63) is 5.82 Å². The molecule has 21 heavy (non-hydrogen) atoms. The van der Waals surface area contributed by atoms with Gasteiger partial charge in [-0.2, -0.15) is 9.97 Å². The van der Waals surface area contributed by atoms with Gasteiger partial charge in [0.2, 0.25) is 5.95 Å². The topological polar surface area (TPSA) is 122 Å². The molecule has 0 saturated heterocycles. The van der Waals surface area contributed by atoms with Crippen LogP contribution in [0.25, 0.3) is 11.2 Å². The number of nitrogen functional groups attached to an aromatic ring is 2. The summed E-state index contributed by atoms with van der Waals surface area (Å²) in [5.74, 6) is 1.73. The fourth-order valence-electron chi connectivity index (χ4n) is 3.28. The van der Waals surface area contributed by atoms with Crippen LogP contribution in [0, 0.1) is 0 Å². The Morgan fingerprint density at radius 3 is 2.48 bits per heavy atom. The van der Waals surface area contributed by atoms with Crippen LogP contribution in [-0.4, -0.2) is 25.6 Å². The van der Waals surface area contributed by atoms with Gasteiger partial charge in [0.15, 0.2) is 17.0 Å². The third kappa shape index (κ3) is 2.31. The standard InChI is InChI=1S/C14H23N7/c1-7(2)21-12(8-5-3-4-6-9(8)15)18-10-11(16)19-14(17)20-13(10)21/h7-9H,3-6,15H2,1-2H3,(H4,16,17,19,20)/t8-,9-/m1/s1. The number of hydrogen-bond acceptors (Lipinski definition) is 6. The third-order valence-electron chi connectivity index (χ3n) is 4.28. The minimum Gasteiger partial charge on any atom is -0.382 e. The molecule has 7 nitrogen and oxygen atoms in total. The summed E-state index contributed by atoms with van der Waals surface area (Å²) < 4.78 is 2.11. The van der Waals surface area contributed by atoms with Gasteiger partial charge in [0.25, 0.3) is 0 Å². The lowest BCUT2D eigenvalue weighted by molar-refractivity contribution is 0.360. The van der Waals surface area contributed by atoms with E-state index < -0.39 is 0 Å². The molecule has 0 amide bonds. The van der Waals surface area contributed by atoms with Gasteiger partial charge in [0.05, 0.1) is 0 Å². The number of fused-ring (bicyclic) bond motifs is 1. The predicted molar refractivity (Wildman–Crippen MR) is 83.7 cm³/mol. The minimum atomic E-state index is 0.139. The molecule has 7 heteroatoms. The number of anilines is 2. The largest absolute Gasteiger partial charge is 0.382 e. The van der Waals surface area contributed by atoms with Crippen LogP contribution >= 0.6 is 0 Å². The zero-order valence-corrected chi connectivity index (χ0v) is 12.6. The molecule has 1 aliphatic rings. The predicted octanol–water partition coefficient (Wildman–Crippen LogP) is 1.56. The van der Waals surface area contributed by atoms with Crippen LogP contribution in [0.4, 0.5) is 11.8 Å². The Hall–Kier alpha value is -1.89. The highest BCUT2D eigenvalue weighted by atomic mass is 15.2. The highest BCUT2D eigenvalue weighted by Gasteiger charge is 2.30. The highest BCUT2D eigenvalue weighted by Crippen LogP contribution is 2.35. The summed E-state index contributed by atoms with van der Waals surface area (Å²) in [5, 5.41) is 0. The van der Waals surface area contributed by atoms with Crippen molar-refractivity contribution in [2.75, 3.05) is 11.5 Å². The van der Waals surface area contributed by atoms with Gasteiger partial charge in [0.1, 0.15) is 5.82 Å². The fraction of sp³-hybridized carbons (Fsp3) is 0.643. The Bertz CT molecular complexity index is 661. The van der Waals surface area contributed by atoms with Crippen LogP contribution in [0.5, 0.6) is 0 Å². The van der Waals surface area contributed by atoms with Gasteiger partial charge in [0, 0.05) is 18.0 Å². The van der Waals surface area contributed by atoms with Crippen molar-refractivity contribution in [1.82, 2.24) is 19.5 Å². The molecule has 1 fully saturated rings. The second-order valence-corrected chi connectivity index (χ2v) is 6.13. The molecular weight excluding hydrogens is 266 g/mol. The molecule has 6 N–H and O–H groups in total. The summed E-state index contributed by atoms with van der Waals surface area (Å²) in [6.07, 6.45) is 4.47. The van der Waals surface area contributed by atoms with E-state index in [0.29, 0.717) is 17.0 Å². The molecule has 0 aromatic carbocycles. The Balaban J connectivity index is 2.22. The molecule has 0 spiro atoms. The first-order valence-corrected chi connectivity index (χ1v) is 7.55. The van der Waals surface area contributed by atoms with E-state index in [9.17, 15) is 0 Å². The Kier molecular flexibility index (Phi) is 3.44. The smallest absolute Gasteiger partial charge is 0.224 e. The maximum Gasteiger partial charge on any atom is 0.224 e. The maximum absolute atomic E-state index is 6.32. The summed E-state index contributed by atoms with van der Waals surface area (Å²) in [7, 11) is 0. The first kappa shape index (κ1) is 14.1. The summed E-state index contributed by atoms with van der Waals surface area (Å²) >= 11 is 0. The Morgan fingerprint density at radius 1 is 1.10 bits per heavy atom. The van der Waals surface area contributed by atoms with Gasteiger partial charge < -0.3 is 21.8 Å². The lowest BCUT2D eigenvalue weighted by atomic mass is 9.84. The second kappa shape index (κ2) is 5.14. The third-order valence-corrected chi connectivity index (χ3v) is 4.28. The summed E-state index contributed by atoms with van der Waals surface area (Å²) in [6.45, 7) is 4.21. The van der Waals surface area contributed by atoms with Crippen LogP contribution in [0.3, 0.4) is 0 Å². The van der Waals surface area contributed by atoms with E-state index >= 15 is 0 Å². The number of aromatic nitrogens is 4. The molecule has 0 bridgehead atoms. The lowest BCUT2D eigenvalue weighted by Crippen LogP contribution is -2.33. The number of hydrogen-bond donors (Lipinski definition) is 3. The van der Waals surface area contributed by atoms with Gasteiger partial charge in [-0.1, -0.05) is 12.8 Å². The first-order valence-electron chi connectivity index (χ1n) is 7.55. The molecule has 2 heterocycles. The Labute approximate surface area is 123 Å². The molecule has 0 unspecified atom stereocenters. The highest BCUT2D eigenvalue weighted by molar-refractivity contribution is 5.83. The summed E-state index contributed by atoms with van der Waals surface area (Å²) in [4.78, 5) is 13.1. The fourth-order valence-corrected chi connectivity index (χ4v) is 3.28. The van der Waals surface area contributed by atoms with E-state index in [-0.39, 0.29) is 23.9 Å². The van der Waals surface area contributed by atoms with Crippen molar-refractivity contribution in [2.45, 2.75) is 57.5 Å². The van der Waals surface area contributed by atoms with E-state index in [2.05, 4.69) is 28.4 Å². The summed E-state index contributed by atoms with van der Waals surface area (Å²) in [5.41, 5.74) is 19.4. The zero-order valence-electron chi connectivity index (χ0n) is 12.6. The van der Waals surface area contributed by atoms with Crippen LogP contribution in [-0.2, 0) is 0 Å². The number of imidazole rings is 1. The number of nitrogens with zero attached hydrogens (tertiary/aromatic N) is 4. The van der Waals surface area contributed by atoms with E-state index in [0.717, 1.165) is 18.7 Å². The zero-order chi connectivity index (χ0) is 15.1. The van der Waals surface area contributed by atoms with Gasteiger partial charge >= 0.3 is 0 Å². The molecule has 3 rings (SSSR count). The van der Waals surface area contributed by atoms with Crippen molar-refractivity contribution in [2.24, 2.45) is 5.73 Å². The van der Waals surface area contributed by atoms with Crippen molar-refractivity contribution < 1.29 is 0 Å². The van der Waals surface area contributed by atoms with Gasteiger partial charge in [-0.15, -0.1) is 0 Å². The van der Waals surface area contributed by atoms with E-state index in [1.807, 2.05) is 0 Å². The van der Waals surface area contributed by atoms with Crippen LogP contribution in [0.2, 0.25) is 0 Å². The van der Waals surface area contributed by atoms with Crippen molar-refractivity contribution in [3.63, 3.8) is 0 Å². The molecular formula is C14H23N7. The van der Waals surface area contributed by atoms with Crippen LogP contribution in [0.1, 0.15) is 57.3 Å². The molecule has 1 saturated carbocycles. The van der Waals surface area contributed by atoms with Crippen molar-refractivity contribution >= 4 is 22.9 Å². The quantitative estimate of drug-likeness (QED) is 0.771. The Morgan fingerprint density at radius 2 is 1.81 bits per heavy atom. The maximum atomic E-state index is 6.32. The molecule has 2 aromatic rings. The second-order valence-electron chi connectivity index (χ2n) is 6.13. The van der Waals surface area contributed by atoms with E-state index in [1.54, 1.807) is 0 Å². The van der Waals surface area contributed by atoms with Gasteiger partial charge in [-0.25, -0.2) is 4.98 Å². The molecule has 1 aliphatic carbocycles. The minimum absolute atomic E-state index is 0.139. The van der Waals surface area contributed by atoms with E-state index in [1.165, 1.54) is 12.8 Å². The lowest BCUT2D eigenvalue weighted by Gasteiger charge is -2.29. The first-order chi connectivity index (χ1) is 9.99. The molecule has 2 aromatic heterocycles. The molecule has 0 radical (unpaired) electrons. The summed E-state index contributed by atoms with van der Waals surface area (Å²) in [6, 6.07) is 0.354. The van der Waals surface area contributed by atoms with Gasteiger partial charge in [-0.3, -0.25) is 0 Å². The van der Waals surface area contributed by atoms with Crippen LogP contribution < -0.4 is 17.2 Å².